The molecule has 11 nitrogen and oxygen atoms in total. The smallest absolute Gasteiger partial charge is 0.306 e. The second-order valence-electron chi connectivity index (χ2n) is 12.0. The molecule has 2 fully saturated rings. The number of aliphatic hydroxyl groups excluding tert-OH is 1. The molecule has 0 aromatic heterocycles. The van der Waals surface area contributed by atoms with Gasteiger partial charge in [-0.15, -0.1) is 0 Å². The van der Waals surface area contributed by atoms with E-state index in [4.69, 9.17) is 14.2 Å². The number of likely N-dealkylation sites (tertiary alicyclic amines) is 1. The molecule has 0 bridgehead atoms. The van der Waals surface area contributed by atoms with Gasteiger partial charge in [0, 0.05) is 18.7 Å². The number of methoxy groups -OCH3 is 1. The van der Waals surface area contributed by atoms with E-state index >= 15 is 0 Å². The summed E-state index contributed by atoms with van der Waals surface area (Å²) in [5, 5.41) is 13.4. The number of cyclic esters (lactones) is 1. The van der Waals surface area contributed by atoms with Crippen molar-refractivity contribution in [2.24, 2.45) is 11.8 Å². The molecule has 2 N–H and O–H groups in total. The van der Waals surface area contributed by atoms with Crippen LogP contribution in [0.15, 0.2) is 78.9 Å². The van der Waals surface area contributed by atoms with E-state index in [2.05, 4.69) is 5.32 Å². The van der Waals surface area contributed by atoms with Crippen molar-refractivity contribution in [3.8, 4) is 5.75 Å². The maximum absolute atomic E-state index is 14.6. The number of amides is 3. The molecule has 7 atom stereocenters. The average molecular weight is 630 g/mol. The summed E-state index contributed by atoms with van der Waals surface area (Å²) in [6.45, 7) is 1.62. The number of carbonyl (C=O) groups is 4. The molecule has 242 valence electrons. The highest BCUT2D eigenvalue weighted by atomic mass is 16.5. The molecular weight excluding hydrogens is 590 g/mol. The van der Waals surface area contributed by atoms with Crippen molar-refractivity contribution in [3.05, 3.63) is 84.5 Å². The average Bonchev–Trinajstić information content (AvgIpc) is 3.46. The first-order chi connectivity index (χ1) is 22.3. The van der Waals surface area contributed by atoms with Crippen LogP contribution in [-0.4, -0.2) is 84.4 Å². The van der Waals surface area contributed by atoms with Gasteiger partial charge < -0.3 is 34.4 Å². The van der Waals surface area contributed by atoms with Crippen LogP contribution in [0.25, 0.3) is 0 Å². The molecule has 0 unspecified atom stereocenters. The van der Waals surface area contributed by atoms with Crippen LogP contribution in [0, 0.1) is 11.8 Å². The number of fused-ring (bicyclic) bond motifs is 2. The van der Waals surface area contributed by atoms with Gasteiger partial charge in [0.2, 0.25) is 11.8 Å². The number of benzene rings is 2. The minimum absolute atomic E-state index is 0.0767. The number of aliphatic hydroxyl groups is 1. The fourth-order valence-corrected chi connectivity index (χ4v) is 7.18. The summed E-state index contributed by atoms with van der Waals surface area (Å²) in [7, 11) is 1.56. The van der Waals surface area contributed by atoms with Gasteiger partial charge in [0.25, 0.3) is 5.91 Å². The summed E-state index contributed by atoms with van der Waals surface area (Å²) in [6.07, 6.45) is 7.06. The van der Waals surface area contributed by atoms with Gasteiger partial charge in [-0.3, -0.25) is 19.2 Å². The number of nitrogens with one attached hydrogen (secondary N) is 1. The highest BCUT2D eigenvalue weighted by Gasteiger charge is 2.72. The first-order valence-electron chi connectivity index (χ1n) is 15.7. The largest absolute Gasteiger partial charge is 0.497 e. The van der Waals surface area contributed by atoms with Gasteiger partial charge in [-0.1, -0.05) is 61.6 Å². The predicted octanol–water partition coefficient (Wildman–Crippen LogP) is 2.70. The molecule has 0 saturated carbocycles. The third-order valence-corrected chi connectivity index (χ3v) is 9.46. The van der Waals surface area contributed by atoms with Crippen molar-refractivity contribution in [1.29, 1.82) is 0 Å². The quantitative estimate of drug-likeness (QED) is 0.368. The molecule has 4 heterocycles. The van der Waals surface area contributed by atoms with Crippen LogP contribution in [0.5, 0.6) is 5.75 Å². The monoisotopic (exact) mass is 629 g/mol. The SMILES string of the molecule is CC[C@@H](CO)N1C(=O)[C@@H]2[C@H]3C(=O)N[C@H](c4ccccc4)COC(=O)CC/C=C\[C@H]3O[C@@]23C=CCN(c2ccc(OC)cc2)C(=O)[C@@H]13. The van der Waals surface area contributed by atoms with E-state index in [1.165, 1.54) is 4.90 Å². The highest BCUT2D eigenvalue weighted by molar-refractivity contribution is 6.06. The van der Waals surface area contributed by atoms with Gasteiger partial charge in [0.1, 0.15) is 24.0 Å². The van der Waals surface area contributed by atoms with Crippen molar-refractivity contribution in [3.63, 3.8) is 0 Å². The molecule has 46 heavy (non-hydrogen) atoms. The summed E-state index contributed by atoms with van der Waals surface area (Å²) >= 11 is 0. The number of esters is 1. The number of hydrogen-bond acceptors (Lipinski definition) is 8. The van der Waals surface area contributed by atoms with E-state index in [9.17, 15) is 24.3 Å². The second-order valence-corrected chi connectivity index (χ2v) is 12.0. The van der Waals surface area contributed by atoms with Crippen molar-refractivity contribution in [2.45, 2.75) is 56.0 Å². The van der Waals surface area contributed by atoms with Crippen molar-refractivity contribution >= 4 is 29.4 Å². The molecule has 6 rings (SSSR count). The summed E-state index contributed by atoms with van der Waals surface area (Å²) in [4.78, 5) is 59.1. The minimum atomic E-state index is -1.48. The number of ether oxygens (including phenoxy) is 3. The molecule has 1 spiro atoms. The van der Waals surface area contributed by atoms with Crippen molar-refractivity contribution in [2.75, 3.05) is 31.8 Å². The Hall–Kier alpha value is -4.48. The third-order valence-electron chi connectivity index (χ3n) is 9.46. The van der Waals surface area contributed by atoms with Crippen LogP contribution in [-0.2, 0) is 28.7 Å². The van der Waals surface area contributed by atoms with Gasteiger partial charge >= 0.3 is 5.97 Å². The topological polar surface area (TPSA) is 135 Å². The van der Waals surface area contributed by atoms with Crippen molar-refractivity contribution < 1.29 is 38.5 Å². The molecule has 0 radical (unpaired) electrons. The van der Waals surface area contributed by atoms with Crippen LogP contribution in [0.1, 0.15) is 37.8 Å². The first-order valence-corrected chi connectivity index (χ1v) is 15.7. The normalized spacial score (nSPS) is 31.0. The fraction of sp³-hybridized carbons (Fsp3) is 0.429. The van der Waals surface area contributed by atoms with Crippen LogP contribution in [0.3, 0.4) is 0 Å². The molecule has 4 aliphatic heterocycles. The fourth-order valence-electron chi connectivity index (χ4n) is 7.18. The number of anilines is 1. The minimum Gasteiger partial charge on any atom is -0.497 e. The maximum atomic E-state index is 14.6. The Morgan fingerprint density at radius 2 is 1.80 bits per heavy atom. The van der Waals surface area contributed by atoms with Gasteiger partial charge in [-0.25, -0.2) is 0 Å². The van der Waals surface area contributed by atoms with E-state index in [1.807, 2.05) is 37.3 Å². The standard InChI is InChI=1S/C35H39N3O8/c1-3-23(20-39)38-31-34(43)37(24-14-16-25(44-2)17-15-24)19-9-18-35(31)30(33(38)42)29-27(46-35)12-7-8-13-28(40)45-21-26(36-32(29)41)22-10-5-4-6-11-22/h4-7,9-12,14-18,23,26-27,29-31,39H,3,8,13,19-21H2,1-2H3,(H,36,41)/b12-7-/t23-,26-,27+,29-,30-,31+,35-/m0/s1. The molecule has 0 aliphatic carbocycles. The van der Waals surface area contributed by atoms with Crippen LogP contribution >= 0.6 is 0 Å². The molecule has 2 aromatic rings. The Balaban J connectivity index is 1.44. The molecule has 2 aromatic carbocycles. The third kappa shape index (κ3) is 5.47. The number of hydrogen-bond donors (Lipinski definition) is 2. The summed E-state index contributed by atoms with van der Waals surface area (Å²) in [6, 6.07) is 13.8. The lowest BCUT2D eigenvalue weighted by molar-refractivity contribution is -0.146. The molecule has 3 amide bonds. The number of rotatable bonds is 6. The molecule has 11 heteroatoms. The van der Waals surface area contributed by atoms with E-state index < -0.39 is 59.5 Å². The summed E-state index contributed by atoms with van der Waals surface area (Å²) in [5.41, 5.74) is -0.133. The highest BCUT2D eigenvalue weighted by Crippen LogP contribution is 2.53. The summed E-state index contributed by atoms with van der Waals surface area (Å²) in [5.74, 6) is -3.06. The predicted molar refractivity (Wildman–Crippen MR) is 168 cm³/mol. The lowest BCUT2D eigenvalue weighted by Crippen LogP contribution is -2.58. The van der Waals surface area contributed by atoms with E-state index in [-0.39, 0.29) is 32.1 Å². The second kappa shape index (κ2) is 13.1. The van der Waals surface area contributed by atoms with Crippen LogP contribution < -0.4 is 15.0 Å². The van der Waals surface area contributed by atoms with Gasteiger partial charge in [-0.05, 0) is 42.7 Å². The zero-order valence-electron chi connectivity index (χ0n) is 25.9. The lowest BCUT2D eigenvalue weighted by atomic mass is 9.77. The van der Waals surface area contributed by atoms with E-state index in [0.29, 0.717) is 24.3 Å². The number of allylic oxidation sites excluding steroid dienone is 1. The van der Waals surface area contributed by atoms with E-state index in [0.717, 1.165) is 5.56 Å². The number of nitrogens with zero attached hydrogens (tertiary/aromatic N) is 2. The zero-order valence-corrected chi connectivity index (χ0v) is 25.9. The van der Waals surface area contributed by atoms with Crippen molar-refractivity contribution in [1.82, 2.24) is 10.2 Å². The first kappa shape index (κ1) is 31.5. The van der Waals surface area contributed by atoms with Crippen LogP contribution in [0.2, 0.25) is 0 Å². The van der Waals surface area contributed by atoms with Gasteiger partial charge in [-0.2, -0.15) is 0 Å². The Morgan fingerprint density at radius 1 is 1.04 bits per heavy atom. The Labute approximate surface area is 267 Å². The lowest BCUT2D eigenvalue weighted by Gasteiger charge is -2.38. The molecule has 2 saturated heterocycles. The Bertz CT molecular complexity index is 1520. The molecular formula is C35H39N3O8. The maximum Gasteiger partial charge on any atom is 0.306 e. The van der Waals surface area contributed by atoms with E-state index in [1.54, 1.807) is 60.6 Å². The Kier molecular flexibility index (Phi) is 8.97. The van der Waals surface area contributed by atoms with Gasteiger partial charge in [0.15, 0.2) is 0 Å². The Morgan fingerprint density at radius 3 is 2.50 bits per heavy atom. The zero-order chi connectivity index (χ0) is 32.4. The number of carbonyl (C=O) groups excluding carboxylic acids is 4. The van der Waals surface area contributed by atoms with Gasteiger partial charge in [0.05, 0.1) is 43.7 Å². The van der Waals surface area contributed by atoms with Crippen LogP contribution in [0.4, 0.5) is 5.69 Å². The molecule has 4 aliphatic rings. The summed E-state index contributed by atoms with van der Waals surface area (Å²) < 4.78 is 17.6.